The normalized spacial score (nSPS) is 13.6. The fourth-order valence-corrected chi connectivity index (χ4v) is 3.79. The van der Waals surface area contributed by atoms with Crippen LogP contribution in [0.3, 0.4) is 0 Å². The van der Waals surface area contributed by atoms with Crippen molar-refractivity contribution in [2.45, 2.75) is 25.7 Å². The molecule has 0 atom stereocenters. The summed E-state index contributed by atoms with van der Waals surface area (Å²) in [5, 5.41) is 9.57. The van der Waals surface area contributed by atoms with E-state index in [0.29, 0.717) is 10.0 Å². The highest BCUT2D eigenvalue weighted by atomic mass is 35.5. The summed E-state index contributed by atoms with van der Waals surface area (Å²) in [6, 6.07) is 13.8. The number of hydrogen-bond acceptors (Lipinski definition) is 3. The largest absolute Gasteiger partial charge is 0.497 e. The molecular weight excluding hydrogens is 381 g/mol. The SMILES string of the molecule is COc1cccc(Cc2nn(-c3ccc(Cl)c(Cl)c3)c3c2CCCCN3)c1. The van der Waals surface area contributed by atoms with Crippen LogP contribution in [0.5, 0.6) is 5.75 Å². The Hall–Kier alpha value is -2.17. The van der Waals surface area contributed by atoms with Gasteiger partial charge in [0.25, 0.3) is 0 Å². The Morgan fingerprint density at radius 2 is 2.00 bits per heavy atom. The van der Waals surface area contributed by atoms with Gasteiger partial charge in [0.1, 0.15) is 11.6 Å². The Labute approximate surface area is 169 Å². The van der Waals surface area contributed by atoms with Crippen molar-refractivity contribution in [1.82, 2.24) is 9.78 Å². The van der Waals surface area contributed by atoms with E-state index in [0.717, 1.165) is 55.2 Å². The molecule has 1 aliphatic rings. The van der Waals surface area contributed by atoms with Crippen molar-refractivity contribution in [1.29, 1.82) is 0 Å². The van der Waals surface area contributed by atoms with Crippen LogP contribution in [0.4, 0.5) is 5.82 Å². The minimum Gasteiger partial charge on any atom is -0.497 e. The van der Waals surface area contributed by atoms with Crippen LogP contribution in [0, 0.1) is 0 Å². The number of halogens is 2. The van der Waals surface area contributed by atoms with Crippen LogP contribution in [0.15, 0.2) is 42.5 Å². The number of hydrogen-bond donors (Lipinski definition) is 1. The van der Waals surface area contributed by atoms with Gasteiger partial charge in [-0.05, 0) is 55.2 Å². The molecule has 0 spiro atoms. The number of rotatable bonds is 4. The first-order chi connectivity index (χ1) is 13.2. The molecule has 27 heavy (non-hydrogen) atoms. The Morgan fingerprint density at radius 1 is 1.11 bits per heavy atom. The van der Waals surface area contributed by atoms with E-state index in [1.54, 1.807) is 7.11 Å². The van der Waals surface area contributed by atoms with E-state index in [9.17, 15) is 0 Å². The summed E-state index contributed by atoms with van der Waals surface area (Å²) in [4.78, 5) is 0. The van der Waals surface area contributed by atoms with E-state index in [-0.39, 0.29) is 0 Å². The van der Waals surface area contributed by atoms with Crippen molar-refractivity contribution >= 4 is 29.0 Å². The number of fused-ring (bicyclic) bond motifs is 1. The number of ether oxygens (including phenoxy) is 1. The van der Waals surface area contributed by atoms with E-state index in [2.05, 4.69) is 17.4 Å². The molecule has 1 N–H and O–H groups in total. The predicted molar refractivity (Wildman–Crippen MR) is 111 cm³/mol. The van der Waals surface area contributed by atoms with Gasteiger partial charge in [0, 0.05) is 18.5 Å². The fraction of sp³-hybridized carbons (Fsp3) is 0.286. The number of nitrogens with one attached hydrogen (secondary N) is 1. The molecule has 0 aliphatic carbocycles. The molecule has 1 aliphatic heterocycles. The summed E-state index contributed by atoms with van der Waals surface area (Å²) in [5.41, 5.74) is 4.45. The molecule has 6 heteroatoms. The molecule has 0 amide bonds. The lowest BCUT2D eigenvalue weighted by atomic mass is 10.0. The van der Waals surface area contributed by atoms with Crippen molar-refractivity contribution in [3.05, 3.63) is 69.3 Å². The summed E-state index contributed by atoms with van der Waals surface area (Å²) in [5.74, 6) is 1.92. The van der Waals surface area contributed by atoms with Crippen molar-refractivity contribution in [3.8, 4) is 11.4 Å². The summed E-state index contributed by atoms with van der Waals surface area (Å²) in [7, 11) is 1.69. The summed E-state index contributed by atoms with van der Waals surface area (Å²) in [6.45, 7) is 0.943. The third kappa shape index (κ3) is 3.78. The van der Waals surface area contributed by atoms with Gasteiger partial charge in [0.2, 0.25) is 0 Å². The van der Waals surface area contributed by atoms with Crippen LogP contribution >= 0.6 is 23.2 Å². The van der Waals surface area contributed by atoms with Gasteiger partial charge >= 0.3 is 0 Å². The average Bonchev–Trinajstić information content (AvgIpc) is 2.85. The molecule has 2 aromatic carbocycles. The maximum Gasteiger partial charge on any atom is 0.133 e. The molecule has 2 heterocycles. The van der Waals surface area contributed by atoms with Gasteiger partial charge in [-0.15, -0.1) is 0 Å². The van der Waals surface area contributed by atoms with Gasteiger partial charge < -0.3 is 10.1 Å². The Balaban J connectivity index is 1.77. The quantitative estimate of drug-likeness (QED) is 0.624. The second-order valence-electron chi connectivity index (χ2n) is 6.70. The van der Waals surface area contributed by atoms with Crippen molar-refractivity contribution in [2.75, 3.05) is 19.0 Å². The second-order valence-corrected chi connectivity index (χ2v) is 7.51. The van der Waals surface area contributed by atoms with Gasteiger partial charge in [-0.3, -0.25) is 0 Å². The smallest absolute Gasteiger partial charge is 0.133 e. The van der Waals surface area contributed by atoms with Gasteiger partial charge in [0.05, 0.1) is 28.5 Å². The molecular formula is C21H21Cl2N3O. The zero-order valence-corrected chi connectivity index (χ0v) is 16.6. The van der Waals surface area contributed by atoms with Crippen LogP contribution in [0.2, 0.25) is 10.0 Å². The van der Waals surface area contributed by atoms with Crippen LogP contribution in [-0.4, -0.2) is 23.4 Å². The lowest BCUT2D eigenvalue weighted by Crippen LogP contribution is -2.07. The van der Waals surface area contributed by atoms with E-state index < -0.39 is 0 Å². The zero-order chi connectivity index (χ0) is 18.8. The fourth-order valence-electron chi connectivity index (χ4n) is 3.49. The molecule has 4 nitrogen and oxygen atoms in total. The van der Waals surface area contributed by atoms with Crippen LogP contribution < -0.4 is 10.1 Å². The first-order valence-corrected chi connectivity index (χ1v) is 9.84. The van der Waals surface area contributed by atoms with Gasteiger partial charge in [0.15, 0.2) is 0 Å². The molecule has 0 unspecified atom stereocenters. The molecule has 0 radical (unpaired) electrons. The van der Waals surface area contributed by atoms with Crippen molar-refractivity contribution in [2.24, 2.45) is 0 Å². The molecule has 1 aromatic heterocycles. The summed E-state index contributed by atoms with van der Waals surface area (Å²) in [6.07, 6.45) is 4.07. The van der Waals surface area contributed by atoms with E-state index in [4.69, 9.17) is 33.0 Å². The molecule has 0 bridgehead atoms. The topological polar surface area (TPSA) is 39.1 Å². The zero-order valence-electron chi connectivity index (χ0n) is 15.1. The highest BCUT2D eigenvalue weighted by Gasteiger charge is 2.21. The minimum absolute atomic E-state index is 0.529. The maximum absolute atomic E-state index is 6.24. The van der Waals surface area contributed by atoms with E-state index in [1.807, 2.05) is 35.0 Å². The van der Waals surface area contributed by atoms with Gasteiger partial charge in [-0.25, -0.2) is 4.68 Å². The average molecular weight is 402 g/mol. The Kier molecular flexibility index (Phi) is 5.28. The lowest BCUT2D eigenvalue weighted by molar-refractivity contribution is 0.414. The third-order valence-electron chi connectivity index (χ3n) is 4.87. The van der Waals surface area contributed by atoms with Crippen LogP contribution in [-0.2, 0) is 12.8 Å². The molecule has 140 valence electrons. The third-order valence-corrected chi connectivity index (χ3v) is 5.61. The number of nitrogens with zero attached hydrogens (tertiary/aromatic N) is 2. The highest BCUT2D eigenvalue weighted by Crippen LogP contribution is 2.32. The monoisotopic (exact) mass is 401 g/mol. The second kappa shape index (κ2) is 7.83. The van der Waals surface area contributed by atoms with Crippen molar-refractivity contribution in [3.63, 3.8) is 0 Å². The van der Waals surface area contributed by atoms with E-state index in [1.165, 1.54) is 11.1 Å². The van der Waals surface area contributed by atoms with E-state index >= 15 is 0 Å². The number of methoxy groups -OCH3 is 1. The van der Waals surface area contributed by atoms with Crippen LogP contribution in [0.25, 0.3) is 5.69 Å². The number of aromatic nitrogens is 2. The number of anilines is 1. The van der Waals surface area contributed by atoms with Crippen LogP contribution in [0.1, 0.15) is 29.7 Å². The molecule has 3 aromatic rings. The predicted octanol–water partition coefficient (Wildman–Crippen LogP) is 5.53. The molecule has 0 saturated heterocycles. The highest BCUT2D eigenvalue weighted by molar-refractivity contribution is 6.42. The first kappa shape index (κ1) is 18.2. The molecule has 4 rings (SSSR count). The van der Waals surface area contributed by atoms with Gasteiger partial charge in [-0.1, -0.05) is 35.3 Å². The Bertz CT molecular complexity index is 968. The number of benzene rings is 2. The summed E-state index contributed by atoms with van der Waals surface area (Å²) >= 11 is 12.3. The Morgan fingerprint density at radius 3 is 2.81 bits per heavy atom. The first-order valence-electron chi connectivity index (χ1n) is 9.08. The molecule has 0 fully saturated rings. The van der Waals surface area contributed by atoms with Gasteiger partial charge in [-0.2, -0.15) is 5.10 Å². The minimum atomic E-state index is 0.529. The molecule has 0 saturated carbocycles. The summed E-state index contributed by atoms with van der Waals surface area (Å²) < 4.78 is 7.32. The lowest BCUT2D eigenvalue weighted by Gasteiger charge is -2.10. The van der Waals surface area contributed by atoms with Crippen molar-refractivity contribution < 1.29 is 4.74 Å². The standard InChI is InChI=1S/C21H21Cl2N3O/c1-27-16-6-4-5-14(11-16)12-20-17-7-2-3-10-24-21(17)26(25-20)15-8-9-18(22)19(23)13-15/h4-6,8-9,11,13,24H,2-3,7,10,12H2,1H3. The maximum atomic E-state index is 6.24.